The number of benzene rings is 2. The third-order valence-electron chi connectivity index (χ3n) is 9.61. The first-order valence-corrected chi connectivity index (χ1v) is 14.6. The summed E-state index contributed by atoms with van der Waals surface area (Å²) in [6, 6.07) is 12.2. The fraction of sp³-hybridized carbons (Fsp3) is 0.452. The number of ether oxygens (including phenoxy) is 1. The average Bonchev–Trinajstić information content (AvgIpc) is 3.62. The van der Waals surface area contributed by atoms with E-state index in [0.717, 1.165) is 56.1 Å². The fourth-order valence-corrected chi connectivity index (χ4v) is 7.70. The number of nitrogen functional groups attached to an aromatic ring is 1. The maximum absolute atomic E-state index is 16.6. The predicted molar refractivity (Wildman–Crippen MR) is 155 cm³/mol. The zero-order chi connectivity index (χ0) is 27.7. The van der Waals surface area contributed by atoms with E-state index in [2.05, 4.69) is 25.1 Å². The molecule has 10 heteroatoms. The van der Waals surface area contributed by atoms with Gasteiger partial charge in [-0.25, -0.2) is 13.8 Å². The Hall–Kier alpha value is -3.63. The summed E-state index contributed by atoms with van der Waals surface area (Å²) in [6.07, 6.45) is 5.41. The van der Waals surface area contributed by atoms with Crippen LogP contribution < -0.4 is 20.7 Å². The SMILES string of the molecule is Nc1ncc2ccccc2c1-c1ccc2c(N3C[C@H]4CC[C@@H](C3)N4)nc(OC[C@@]34CCCN3C[C@H](F)C4)nc2c1F. The highest BCUT2D eigenvalue weighted by atomic mass is 19.1. The van der Waals surface area contributed by atoms with E-state index < -0.39 is 12.0 Å². The molecule has 0 aliphatic carbocycles. The van der Waals surface area contributed by atoms with Gasteiger partial charge in [-0.05, 0) is 43.7 Å². The second-order valence-electron chi connectivity index (χ2n) is 12.2. The van der Waals surface area contributed by atoms with Crippen LogP contribution in [0.25, 0.3) is 32.8 Å². The van der Waals surface area contributed by atoms with Gasteiger partial charge in [-0.1, -0.05) is 30.3 Å². The number of alkyl halides is 1. The Morgan fingerprint density at radius 3 is 2.73 bits per heavy atom. The minimum atomic E-state index is -0.858. The normalized spacial score (nSPS) is 27.7. The molecule has 2 aromatic heterocycles. The van der Waals surface area contributed by atoms with E-state index in [0.29, 0.717) is 47.4 Å². The highest BCUT2D eigenvalue weighted by Gasteiger charge is 2.49. The number of rotatable bonds is 5. The Labute approximate surface area is 236 Å². The fourth-order valence-electron chi connectivity index (χ4n) is 7.70. The van der Waals surface area contributed by atoms with E-state index in [1.807, 2.05) is 30.3 Å². The predicted octanol–water partition coefficient (Wildman–Crippen LogP) is 4.46. The van der Waals surface area contributed by atoms with E-state index >= 15 is 4.39 Å². The first-order valence-electron chi connectivity index (χ1n) is 14.6. The van der Waals surface area contributed by atoms with Crippen LogP contribution in [-0.2, 0) is 0 Å². The van der Waals surface area contributed by atoms with Gasteiger partial charge in [0.15, 0.2) is 5.82 Å². The quantitative estimate of drug-likeness (QED) is 0.372. The van der Waals surface area contributed by atoms with Crippen molar-refractivity contribution in [1.29, 1.82) is 0 Å². The minimum absolute atomic E-state index is 0.127. The lowest BCUT2D eigenvalue weighted by Crippen LogP contribution is -2.51. The van der Waals surface area contributed by atoms with Crippen molar-refractivity contribution in [2.45, 2.75) is 55.9 Å². The van der Waals surface area contributed by atoms with E-state index in [-0.39, 0.29) is 29.5 Å². The Morgan fingerprint density at radius 2 is 1.88 bits per heavy atom. The molecule has 4 aliphatic rings. The summed E-state index contributed by atoms with van der Waals surface area (Å²) in [5, 5.41) is 5.99. The van der Waals surface area contributed by atoms with Crippen molar-refractivity contribution >= 4 is 33.3 Å². The van der Waals surface area contributed by atoms with Crippen LogP contribution in [0.3, 0.4) is 0 Å². The lowest BCUT2D eigenvalue weighted by atomic mass is 9.95. The third kappa shape index (κ3) is 4.10. The number of hydrogen-bond acceptors (Lipinski definition) is 8. The molecule has 4 aliphatic heterocycles. The van der Waals surface area contributed by atoms with Crippen molar-refractivity contribution in [3.05, 3.63) is 48.4 Å². The molecule has 3 N–H and O–H groups in total. The third-order valence-corrected chi connectivity index (χ3v) is 9.61. The minimum Gasteiger partial charge on any atom is -0.461 e. The molecular formula is C31H33F2N7O. The molecule has 4 fully saturated rings. The largest absolute Gasteiger partial charge is 0.461 e. The maximum Gasteiger partial charge on any atom is 0.319 e. The maximum atomic E-state index is 16.6. The summed E-state index contributed by atoms with van der Waals surface area (Å²) >= 11 is 0. The molecule has 2 bridgehead atoms. The van der Waals surface area contributed by atoms with Crippen molar-refractivity contribution < 1.29 is 13.5 Å². The Morgan fingerprint density at radius 1 is 1.05 bits per heavy atom. The van der Waals surface area contributed by atoms with Gasteiger partial charge in [0, 0.05) is 66.2 Å². The van der Waals surface area contributed by atoms with Gasteiger partial charge in [-0.15, -0.1) is 0 Å². The van der Waals surface area contributed by atoms with Gasteiger partial charge in [0.2, 0.25) is 0 Å². The summed E-state index contributed by atoms with van der Waals surface area (Å²) in [4.78, 5) is 18.3. The van der Waals surface area contributed by atoms with E-state index in [1.165, 1.54) is 0 Å². The lowest BCUT2D eigenvalue weighted by molar-refractivity contribution is 0.107. The number of pyridine rings is 1. The van der Waals surface area contributed by atoms with Gasteiger partial charge in [0.1, 0.15) is 29.9 Å². The molecule has 4 saturated heterocycles. The summed E-state index contributed by atoms with van der Waals surface area (Å²) in [7, 11) is 0. The summed E-state index contributed by atoms with van der Waals surface area (Å²) in [6.45, 7) is 3.16. The number of halogens is 2. The molecule has 8 nitrogen and oxygen atoms in total. The zero-order valence-electron chi connectivity index (χ0n) is 22.8. The second kappa shape index (κ2) is 9.46. The van der Waals surface area contributed by atoms with E-state index in [4.69, 9.17) is 15.5 Å². The second-order valence-corrected chi connectivity index (χ2v) is 12.2. The summed E-state index contributed by atoms with van der Waals surface area (Å²) in [5.41, 5.74) is 7.06. The molecule has 8 rings (SSSR count). The van der Waals surface area contributed by atoms with Crippen molar-refractivity contribution in [2.75, 3.05) is 43.4 Å². The van der Waals surface area contributed by atoms with Crippen LogP contribution in [0.1, 0.15) is 32.1 Å². The summed E-state index contributed by atoms with van der Waals surface area (Å²) < 4.78 is 37.3. The van der Waals surface area contributed by atoms with Gasteiger partial charge in [0.05, 0.1) is 5.54 Å². The van der Waals surface area contributed by atoms with Crippen LogP contribution >= 0.6 is 0 Å². The molecule has 41 heavy (non-hydrogen) atoms. The standard InChI is InChI=1S/C31H33F2N7O/c32-19-12-31(10-3-11-40(31)14-19)17-41-30-37-27-24(29(38-30)39-15-20-6-7-21(16-39)36-20)9-8-23(26(27)33)25-22-5-2-1-4-18(22)13-35-28(25)34/h1-2,4-5,8-9,13,19-21,36H,3,6-7,10-12,14-17H2,(H2,34,35)/t19-,20-,21+,31+/m1/s1. The first-order chi connectivity index (χ1) is 20.0. The van der Waals surface area contributed by atoms with Gasteiger partial charge in [-0.2, -0.15) is 9.97 Å². The van der Waals surface area contributed by atoms with Gasteiger partial charge < -0.3 is 20.7 Å². The first kappa shape index (κ1) is 25.1. The lowest BCUT2D eigenvalue weighted by Gasteiger charge is -2.34. The number of nitrogens with two attached hydrogens (primary N) is 1. The van der Waals surface area contributed by atoms with Crippen molar-refractivity contribution in [2.24, 2.45) is 0 Å². The Kier molecular flexibility index (Phi) is 5.79. The zero-order valence-corrected chi connectivity index (χ0v) is 22.8. The summed E-state index contributed by atoms with van der Waals surface area (Å²) in [5.74, 6) is 0.451. The Bertz CT molecular complexity index is 1660. The average molecular weight is 558 g/mol. The highest BCUT2D eigenvalue weighted by molar-refractivity contribution is 6.03. The van der Waals surface area contributed by atoms with Crippen molar-refractivity contribution in [3.8, 4) is 17.1 Å². The molecule has 212 valence electrons. The number of fused-ring (bicyclic) bond motifs is 5. The van der Waals surface area contributed by atoms with Crippen LogP contribution in [-0.4, -0.2) is 76.4 Å². The van der Waals surface area contributed by atoms with Crippen LogP contribution in [0.2, 0.25) is 0 Å². The van der Waals surface area contributed by atoms with E-state index in [9.17, 15) is 4.39 Å². The number of nitrogens with zero attached hydrogens (tertiary/aromatic N) is 5. The molecule has 0 radical (unpaired) electrons. The molecule has 4 atom stereocenters. The highest BCUT2D eigenvalue weighted by Crippen LogP contribution is 2.42. The van der Waals surface area contributed by atoms with Crippen LogP contribution in [0.4, 0.5) is 20.4 Å². The number of piperazine rings is 1. The van der Waals surface area contributed by atoms with Crippen LogP contribution in [0.15, 0.2) is 42.6 Å². The molecule has 2 aromatic carbocycles. The molecule has 0 saturated carbocycles. The topological polar surface area (TPSA) is 92.4 Å². The van der Waals surface area contributed by atoms with Crippen molar-refractivity contribution in [3.63, 3.8) is 0 Å². The monoisotopic (exact) mass is 557 g/mol. The number of hydrogen-bond donors (Lipinski definition) is 2. The van der Waals surface area contributed by atoms with Crippen LogP contribution in [0.5, 0.6) is 6.01 Å². The number of aromatic nitrogens is 3. The molecule has 0 amide bonds. The number of nitrogens with one attached hydrogen (secondary N) is 1. The van der Waals surface area contributed by atoms with Gasteiger partial charge >= 0.3 is 6.01 Å². The van der Waals surface area contributed by atoms with Gasteiger partial charge in [0.25, 0.3) is 0 Å². The number of anilines is 2. The molecule has 0 spiro atoms. The van der Waals surface area contributed by atoms with Crippen molar-refractivity contribution in [1.82, 2.24) is 25.2 Å². The van der Waals surface area contributed by atoms with Crippen LogP contribution in [0, 0.1) is 5.82 Å². The van der Waals surface area contributed by atoms with Gasteiger partial charge in [-0.3, -0.25) is 4.90 Å². The molecule has 6 heterocycles. The Balaban J connectivity index is 1.25. The smallest absolute Gasteiger partial charge is 0.319 e. The molecule has 0 unspecified atom stereocenters. The molecular weight excluding hydrogens is 524 g/mol. The molecule has 4 aromatic rings. The van der Waals surface area contributed by atoms with E-state index in [1.54, 1.807) is 12.3 Å².